The fraction of sp³-hybridized carbons (Fsp3) is 0.0270. The summed E-state index contributed by atoms with van der Waals surface area (Å²) in [6.45, 7) is 0. The molecule has 39 heavy (non-hydrogen) atoms. The molecule has 1 aliphatic heterocycles. The Labute approximate surface area is 229 Å². The Balaban J connectivity index is 1.59. The SMILES string of the molecule is c1ccc(N(c2ccccc2)c2cccc3c2Oc2ccccc2C3(c2ccccc2)c2ccccc2)cc1. The molecule has 0 atom stereocenters. The van der Waals surface area contributed by atoms with Crippen molar-refractivity contribution >= 4 is 17.1 Å². The van der Waals surface area contributed by atoms with Gasteiger partial charge in [0.1, 0.15) is 5.75 Å². The Morgan fingerprint density at radius 2 is 0.872 bits per heavy atom. The number of ether oxygens (including phenoxy) is 1. The molecule has 0 bridgehead atoms. The summed E-state index contributed by atoms with van der Waals surface area (Å²) in [5.41, 5.74) is 7.25. The Morgan fingerprint density at radius 3 is 1.44 bits per heavy atom. The van der Waals surface area contributed by atoms with E-state index in [9.17, 15) is 0 Å². The number of para-hydroxylation sites is 4. The van der Waals surface area contributed by atoms with Gasteiger partial charge < -0.3 is 9.64 Å². The molecular formula is C37H27NO. The molecule has 0 N–H and O–H groups in total. The topological polar surface area (TPSA) is 12.5 Å². The number of fused-ring (bicyclic) bond motifs is 2. The van der Waals surface area contributed by atoms with Crippen LogP contribution in [0.3, 0.4) is 0 Å². The van der Waals surface area contributed by atoms with Gasteiger partial charge in [0.15, 0.2) is 5.75 Å². The van der Waals surface area contributed by atoms with Crippen LogP contribution in [-0.4, -0.2) is 0 Å². The Kier molecular flexibility index (Phi) is 5.71. The Hall–Kier alpha value is -5.08. The molecule has 0 radical (unpaired) electrons. The van der Waals surface area contributed by atoms with E-state index >= 15 is 0 Å². The standard InChI is InChI=1S/C37H27NO/c1-5-16-28(17-6-1)37(29-18-7-2-8-19-29)32-24-13-14-27-35(32)39-36-33(37)25-15-26-34(36)38(30-20-9-3-10-21-30)31-22-11-4-12-23-31/h1-27H. The van der Waals surface area contributed by atoms with Crippen LogP contribution in [0.4, 0.5) is 17.1 Å². The van der Waals surface area contributed by atoms with E-state index in [1.165, 1.54) is 11.1 Å². The summed E-state index contributed by atoms with van der Waals surface area (Å²) >= 11 is 0. The molecule has 0 saturated carbocycles. The van der Waals surface area contributed by atoms with Gasteiger partial charge in [-0.05, 0) is 47.5 Å². The minimum Gasteiger partial charge on any atom is -0.454 e. The summed E-state index contributed by atoms with van der Waals surface area (Å²) in [6.07, 6.45) is 0. The number of hydrogen-bond acceptors (Lipinski definition) is 2. The van der Waals surface area contributed by atoms with E-state index in [-0.39, 0.29) is 0 Å². The first kappa shape index (κ1) is 23.1. The maximum atomic E-state index is 6.89. The first-order chi connectivity index (χ1) is 19.4. The van der Waals surface area contributed by atoms with Crippen molar-refractivity contribution in [3.05, 3.63) is 186 Å². The predicted octanol–water partition coefficient (Wildman–Crippen LogP) is 9.64. The van der Waals surface area contributed by atoms with Crippen molar-refractivity contribution in [2.45, 2.75) is 5.41 Å². The van der Waals surface area contributed by atoms with E-state index in [0.29, 0.717) is 0 Å². The van der Waals surface area contributed by atoms with E-state index in [4.69, 9.17) is 4.74 Å². The van der Waals surface area contributed by atoms with E-state index < -0.39 is 5.41 Å². The van der Waals surface area contributed by atoms with Crippen molar-refractivity contribution in [1.29, 1.82) is 0 Å². The lowest BCUT2D eigenvalue weighted by atomic mass is 9.63. The van der Waals surface area contributed by atoms with Crippen molar-refractivity contribution in [2.24, 2.45) is 0 Å². The van der Waals surface area contributed by atoms with Crippen molar-refractivity contribution in [1.82, 2.24) is 0 Å². The number of anilines is 3. The second kappa shape index (κ2) is 9.66. The highest BCUT2D eigenvalue weighted by molar-refractivity contribution is 5.84. The molecule has 0 amide bonds. The molecule has 186 valence electrons. The number of hydrogen-bond donors (Lipinski definition) is 0. The van der Waals surface area contributed by atoms with Crippen molar-refractivity contribution in [3.63, 3.8) is 0 Å². The van der Waals surface area contributed by atoms with Gasteiger partial charge in [-0.3, -0.25) is 0 Å². The molecule has 0 aliphatic carbocycles. The maximum Gasteiger partial charge on any atom is 0.156 e. The lowest BCUT2D eigenvalue weighted by Gasteiger charge is -2.42. The second-order valence-corrected chi connectivity index (χ2v) is 9.74. The fourth-order valence-electron chi connectivity index (χ4n) is 5.97. The molecule has 0 spiro atoms. The third-order valence-corrected chi connectivity index (χ3v) is 7.58. The van der Waals surface area contributed by atoms with Crippen molar-refractivity contribution in [3.8, 4) is 11.5 Å². The fourth-order valence-corrected chi connectivity index (χ4v) is 5.97. The summed E-state index contributed by atoms with van der Waals surface area (Å²) in [7, 11) is 0. The molecule has 0 saturated heterocycles. The highest BCUT2D eigenvalue weighted by atomic mass is 16.5. The van der Waals surface area contributed by atoms with Gasteiger partial charge in [0.05, 0.1) is 11.1 Å². The summed E-state index contributed by atoms with van der Waals surface area (Å²) in [4.78, 5) is 2.29. The van der Waals surface area contributed by atoms with Crippen LogP contribution in [0.5, 0.6) is 11.5 Å². The molecule has 0 fully saturated rings. The number of benzene rings is 6. The second-order valence-electron chi connectivity index (χ2n) is 9.74. The number of rotatable bonds is 5. The zero-order valence-corrected chi connectivity index (χ0v) is 21.4. The highest BCUT2D eigenvalue weighted by Gasteiger charge is 2.46. The summed E-state index contributed by atoms with van der Waals surface area (Å²) < 4.78 is 6.89. The molecule has 0 unspecified atom stereocenters. The smallest absolute Gasteiger partial charge is 0.156 e. The van der Waals surface area contributed by atoms with E-state index in [0.717, 1.165) is 39.7 Å². The monoisotopic (exact) mass is 501 g/mol. The van der Waals surface area contributed by atoms with Crippen LogP contribution < -0.4 is 9.64 Å². The van der Waals surface area contributed by atoms with Crippen LogP contribution in [0.2, 0.25) is 0 Å². The summed E-state index contributed by atoms with van der Waals surface area (Å²) in [5.74, 6) is 1.72. The van der Waals surface area contributed by atoms with Crippen LogP contribution in [-0.2, 0) is 5.41 Å². The van der Waals surface area contributed by atoms with Crippen LogP contribution in [0.25, 0.3) is 0 Å². The molecule has 6 aromatic carbocycles. The lowest BCUT2D eigenvalue weighted by molar-refractivity contribution is 0.435. The number of nitrogens with zero attached hydrogens (tertiary/aromatic N) is 1. The maximum absolute atomic E-state index is 6.89. The van der Waals surface area contributed by atoms with Gasteiger partial charge in [-0.1, -0.05) is 127 Å². The van der Waals surface area contributed by atoms with Gasteiger partial charge >= 0.3 is 0 Å². The third-order valence-electron chi connectivity index (χ3n) is 7.58. The Bertz CT molecular complexity index is 1640. The highest BCUT2D eigenvalue weighted by Crippen LogP contribution is 2.58. The van der Waals surface area contributed by atoms with Gasteiger partial charge in [0.2, 0.25) is 0 Å². The zero-order chi connectivity index (χ0) is 26.1. The summed E-state index contributed by atoms with van der Waals surface area (Å²) in [6, 6.07) is 57.6. The third kappa shape index (κ3) is 3.72. The van der Waals surface area contributed by atoms with Crippen LogP contribution in [0.15, 0.2) is 164 Å². The van der Waals surface area contributed by atoms with Crippen molar-refractivity contribution < 1.29 is 4.74 Å². The van der Waals surface area contributed by atoms with E-state index in [2.05, 4.69) is 169 Å². The molecule has 2 nitrogen and oxygen atoms in total. The van der Waals surface area contributed by atoms with E-state index in [1.54, 1.807) is 0 Å². The van der Waals surface area contributed by atoms with Gasteiger partial charge in [-0.25, -0.2) is 0 Å². The predicted molar refractivity (Wildman–Crippen MR) is 160 cm³/mol. The lowest BCUT2D eigenvalue weighted by Crippen LogP contribution is -2.34. The molecular weight excluding hydrogens is 474 g/mol. The zero-order valence-electron chi connectivity index (χ0n) is 21.4. The molecule has 0 aromatic heterocycles. The molecule has 1 heterocycles. The van der Waals surface area contributed by atoms with Crippen LogP contribution in [0, 0.1) is 0 Å². The summed E-state index contributed by atoms with van der Waals surface area (Å²) in [5, 5.41) is 0. The average Bonchev–Trinajstić information content (AvgIpc) is 3.02. The van der Waals surface area contributed by atoms with E-state index in [1.807, 2.05) is 0 Å². The molecule has 6 aromatic rings. The molecule has 1 aliphatic rings. The van der Waals surface area contributed by atoms with Gasteiger partial charge in [-0.2, -0.15) is 0 Å². The van der Waals surface area contributed by atoms with Gasteiger partial charge in [0.25, 0.3) is 0 Å². The minimum atomic E-state index is -0.554. The average molecular weight is 502 g/mol. The van der Waals surface area contributed by atoms with Crippen molar-refractivity contribution in [2.75, 3.05) is 4.90 Å². The first-order valence-electron chi connectivity index (χ1n) is 13.3. The first-order valence-corrected chi connectivity index (χ1v) is 13.3. The van der Waals surface area contributed by atoms with Crippen LogP contribution in [0.1, 0.15) is 22.3 Å². The van der Waals surface area contributed by atoms with Gasteiger partial charge in [0, 0.05) is 22.5 Å². The normalized spacial score (nSPS) is 13.0. The van der Waals surface area contributed by atoms with Gasteiger partial charge in [-0.15, -0.1) is 0 Å². The van der Waals surface area contributed by atoms with Crippen LogP contribution >= 0.6 is 0 Å². The Morgan fingerprint density at radius 1 is 0.410 bits per heavy atom. The molecule has 7 rings (SSSR count). The largest absolute Gasteiger partial charge is 0.454 e. The molecule has 2 heteroatoms. The quantitative estimate of drug-likeness (QED) is 0.233. The minimum absolute atomic E-state index is 0.554.